The van der Waals surface area contributed by atoms with Gasteiger partial charge in [-0.05, 0) is 37.1 Å². The van der Waals surface area contributed by atoms with Crippen molar-refractivity contribution in [1.82, 2.24) is 9.97 Å². The van der Waals surface area contributed by atoms with E-state index in [1.54, 1.807) is 6.20 Å². The van der Waals surface area contributed by atoms with E-state index in [1.807, 2.05) is 31.5 Å². The van der Waals surface area contributed by atoms with Gasteiger partial charge < -0.3 is 0 Å². The molecule has 14 heavy (non-hydrogen) atoms. The van der Waals surface area contributed by atoms with Crippen molar-refractivity contribution >= 4 is 0 Å². The molecule has 0 aliphatic rings. The molecule has 0 aliphatic heterocycles. The third-order valence-corrected chi connectivity index (χ3v) is 2.23. The minimum absolute atomic E-state index is 0.987. The topological polar surface area (TPSA) is 25.8 Å². The summed E-state index contributed by atoms with van der Waals surface area (Å²) in [7, 11) is 0. The van der Waals surface area contributed by atoms with E-state index in [9.17, 15) is 0 Å². The summed E-state index contributed by atoms with van der Waals surface area (Å²) < 4.78 is 0. The standard InChI is InChI=1S/C12H12N2/c1-9-3-4-12(14-7-9)11-8-13-6-5-10(11)2/h3-8H,1-2H3. The Hall–Kier alpha value is -1.70. The van der Waals surface area contributed by atoms with Crippen LogP contribution in [0.15, 0.2) is 36.8 Å². The second-order valence-corrected chi connectivity index (χ2v) is 3.41. The number of aromatic nitrogens is 2. The van der Waals surface area contributed by atoms with Gasteiger partial charge in [-0.25, -0.2) is 0 Å². The molecule has 0 N–H and O–H groups in total. The summed E-state index contributed by atoms with van der Waals surface area (Å²) in [6.07, 6.45) is 5.53. The van der Waals surface area contributed by atoms with Gasteiger partial charge in [0.05, 0.1) is 5.69 Å². The Morgan fingerprint density at radius 1 is 1.00 bits per heavy atom. The minimum atomic E-state index is 0.987. The Kier molecular flexibility index (Phi) is 2.27. The molecule has 2 rings (SSSR count). The molecule has 2 aromatic heterocycles. The molecule has 2 heterocycles. The summed E-state index contributed by atoms with van der Waals surface area (Å²) in [5.74, 6) is 0. The Morgan fingerprint density at radius 3 is 2.50 bits per heavy atom. The van der Waals surface area contributed by atoms with Crippen LogP contribution in [0, 0.1) is 13.8 Å². The maximum absolute atomic E-state index is 4.37. The van der Waals surface area contributed by atoms with Crippen molar-refractivity contribution in [2.75, 3.05) is 0 Å². The first-order chi connectivity index (χ1) is 6.77. The number of hydrogen-bond acceptors (Lipinski definition) is 2. The molecule has 0 unspecified atom stereocenters. The van der Waals surface area contributed by atoms with Crippen LogP contribution in [-0.2, 0) is 0 Å². The highest BCUT2D eigenvalue weighted by molar-refractivity contribution is 5.61. The van der Waals surface area contributed by atoms with E-state index < -0.39 is 0 Å². The van der Waals surface area contributed by atoms with Crippen LogP contribution >= 0.6 is 0 Å². The largest absolute Gasteiger partial charge is 0.264 e. The van der Waals surface area contributed by atoms with Crippen molar-refractivity contribution < 1.29 is 0 Å². The van der Waals surface area contributed by atoms with Crippen LogP contribution in [0.5, 0.6) is 0 Å². The molecule has 70 valence electrons. The van der Waals surface area contributed by atoms with E-state index in [1.165, 1.54) is 11.1 Å². The molecular weight excluding hydrogens is 172 g/mol. The molecule has 0 bridgehead atoms. The smallest absolute Gasteiger partial charge is 0.0720 e. The quantitative estimate of drug-likeness (QED) is 0.681. The van der Waals surface area contributed by atoms with Crippen molar-refractivity contribution in [1.29, 1.82) is 0 Å². The number of nitrogens with zero attached hydrogens (tertiary/aromatic N) is 2. The Balaban J connectivity index is 2.50. The zero-order valence-electron chi connectivity index (χ0n) is 8.36. The lowest BCUT2D eigenvalue weighted by Gasteiger charge is -2.03. The van der Waals surface area contributed by atoms with Gasteiger partial charge in [-0.15, -0.1) is 0 Å². The van der Waals surface area contributed by atoms with Gasteiger partial charge in [-0.2, -0.15) is 0 Å². The molecule has 2 aromatic rings. The van der Waals surface area contributed by atoms with Crippen LogP contribution < -0.4 is 0 Å². The summed E-state index contributed by atoms with van der Waals surface area (Å²) in [5.41, 5.74) is 4.47. The lowest BCUT2D eigenvalue weighted by atomic mass is 10.1. The second-order valence-electron chi connectivity index (χ2n) is 3.41. The SMILES string of the molecule is Cc1ccc(-c2cnccc2C)nc1. The molecule has 0 aliphatic carbocycles. The Morgan fingerprint density at radius 2 is 1.86 bits per heavy atom. The fourth-order valence-electron chi connectivity index (χ4n) is 1.36. The normalized spacial score (nSPS) is 10.1. The molecule has 0 amide bonds. The molecule has 0 spiro atoms. The summed E-state index contributed by atoms with van der Waals surface area (Å²) in [4.78, 5) is 8.47. The van der Waals surface area contributed by atoms with Crippen molar-refractivity contribution in [3.63, 3.8) is 0 Å². The average Bonchev–Trinajstić information content (AvgIpc) is 2.20. The zero-order chi connectivity index (χ0) is 9.97. The lowest BCUT2D eigenvalue weighted by molar-refractivity contribution is 1.23. The van der Waals surface area contributed by atoms with Crippen LogP contribution in [0.25, 0.3) is 11.3 Å². The van der Waals surface area contributed by atoms with Gasteiger partial charge >= 0.3 is 0 Å². The summed E-state index contributed by atoms with van der Waals surface area (Å²) in [5, 5.41) is 0. The molecule has 2 nitrogen and oxygen atoms in total. The Labute approximate surface area is 83.7 Å². The van der Waals surface area contributed by atoms with E-state index in [0.717, 1.165) is 11.3 Å². The van der Waals surface area contributed by atoms with Crippen molar-refractivity contribution in [3.8, 4) is 11.3 Å². The summed E-state index contributed by atoms with van der Waals surface area (Å²) in [6.45, 7) is 4.10. The number of aryl methyl sites for hydroxylation is 2. The first kappa shape index (κ1) is 8.88. The maximum Gasteiger partial charge on any atom is 0.0720 e. The summed E-state index contributed by atoms with van der Waals surface area (Å²) in [6, 6.07) is 6.09. The first-order valence-electron chi connectivity index (χ1n) is 4.61. The zero-order valence-corrected chi connectivity index (χ0v) is 8.36. The third-order valence-electron chi connectivity index (χ3n) is 2.23. The number of pyridine rings is 2. The molecule has 0 radical (unpaired) electrons. The highest BCUT2D eigenvalue weighted by Gasteiger charge is 2.01. The molecule has 0 aromatic carbocycles. The van der Waals surface area contributed by atoms with Crippen LogP contribution in [0.2, 0.25) is 0 Å². The molecule has 0 atom stereocenters. The van der Waals surface area contributed by atoms with Gasteiger partial charge in [0.1, 0.15) is 0 Å². The third kappa shape index (κ3) is 1.64. The van der Waals surface area contributed by atoms with Gasteiger partial charge in [-0.1, -0.05) is 6.07 Å². The van der Waals surface area contributed by atoms with Crippen LogP contribution in [0.1, 0.15) is 11.1 Å². The van der Waals surface area contributed by atoms with E-state index in [-0.39, 0.29) is 0 Å². The van der Waals surface area contributed by atoms with Crippen LogP contribution in [0.4, 0.5) is 0 Å². The highest BCUT2D eigenvalue weighted by Crippen LogP contribution is 2.19. The summed E-state index contributed by atoms with van der Waals surface area (Å²) >= 11 is 0. The van der Waals surface area contributed by atoms with Gasteiger partial charge in [0.15, 0.2) is 0 Å². The van der Waals surface area contributed by atoms with E-state index in [0.29, 0.717) is 0 Å². The van der Waals surface area contributed by atoms with E-state index in [2.05, 4.69) is 23.0 Å². The molecule has 0 saturated heterocycles. The van der Waals surface area contributed by atoms with Crippen LogP contribution in [0.3, 0.4) is 0 Å². The predicted molar refractivity (Wildman–Crippen MR) is 56.9 cm³/mol. The van der Waals surface area contributed by atoms with Gasteiger partial charge in [-0.3, -0.25) is 9.97 Å². The number of rotatable bonds is 1. The molecular formula is C12H12N2. The van der Waals surface area contributed by atoms with Crippen molar-refractivity contribution in [2.24, 2.45) is 0 Å². The molecule has 0 saturated carbocycles. The molecule has 0 fully saturated rings. The van der Waals surface area contributed by atoms with Gasteiger partial charge in [0.2, 0.25) is 0 Å². The van der Waals surface area contributed by atoms with Crippen LogP contribution in [-0.4, -0.2) is 9.97 Å². The predicted octanol–water partition coefficient (Wildman–Crippen LogP) is 2.76. The van der Waals surface area contributed by atoms with E-state index >= 15 is 0 Å². The monoisotopic (exact) mass is 184 g/mol. The fraction of sp³-hybridized carbons (Fsp3) is 0.167. The van der Waals surface area contributed by atoms with Gasteiger partial charge in [0, 0.05) is 24.2 Å². The van der Waals surface area contributed by atoms with Crippen molar-refractivity contribution in [2.45, 2.75) is 13.8 Å². The lowest BCUT2D eigenvalue weighted by Crippen LogP contribution is -1.88. The average molecular weight is 184 g/mol. The first-order valence-corrected chi connectivity index (χ1v) is 4.61. The second kappa shape index (κ2) is 3.58. The van der Waals surface area contributed by atoms with Gasteiger partial charge in [0.25, 0.3) is 0 Å². The fourth-order valence-corrected chi connectivity index (χ4v) is 1.36. The van der Waals surface area contributed by atoms with Crippen molar-refractivity contribution in [3.05, 3.63) is 47.9 Å². The highest BCUT2D eigenvalue weighted by atomic mass is 14.7. The Bertz CT molecular complexity index is 432. The number of hydrogen-bond donors (Lipinski definition) is 0. The minimum Gasteiger partial charge on any atom is -0.264 e. The maximum atomic E-state index is 4.37. The van der Waals surface area contributed by atoms with E-state index in [4.69, 9.17) is 0 Å². The molecule has 2 heteroatoms.